The van der Waals surface area contributed by atoms with Gasteiger partial charge in [0.2, 0.25) is 0 Å². The molecule has 1 aromatic heterocycles. The van der Waals surface area contributed by atoms with E-state index in [2.05, 4.69) is 52.1 Å². The summed E-state index contributed by atoms with van der Waals surface area (Å²) >= 11 is 0. The van der Waals surface area contributed by atoms with Crippen molar-refractivity contribution in [2.75, 3.05) is 24.6 Å². The zero-order valence-corrected chi connectivity index (χ0v) is 13.2. The normalized spacial score (nSPS) is 13.3. The van der Waals surface area contributed by atoms with Gasteiger partial charge in [-0.25, -0.2) is 0 Å². The molecular formula is C17H22ClN2O+. The summed E-state index contributed by atoms with van der Waals surface area (Å²) in [7, 11) is 0. The fourth-order valence-electron chi connectivity index (χ4n) is 2.45. The molecule has 0 spiro atoms. The van der Waals surface area contributed by atoms with Crippen molar-refractivity contribution in [1.29, 1.82) is 0 Å². The number of benzene rings is 1. The first-order valence-electron chi connectivity index (χ1n) is 7.32. The third-order valence-corrected chi connectivity index (χ3v) is 3.69. The Morgan fingerprint density at radius 1 is 1.14 bits per heavy atom. The predicted octanol–water partition coefficient (Wildman–Crippen LogP) is 3.05. The molecule has 0 unspecified atom stereocenters. The third kappa shape index (κ3) is 3.67. The van der Waals surface area contributed by atoms with Gasteiger partial charge in [-0.15, -0.1) is 12.4 Å². The number of nitrogens with zero attached hydrogens (tertiary/aromatic N) is 2. The zero-order valence-electron chi connectivity index (χ0n) is 12.4. The summed E-state index contributed by atoms with van der Waals surface area (Å²) in [6.45, 7) is 5.89. The lowest BCUT2D eigenvalue weighted by Crippen LogP contribution is -2.40. The Kier molecular flexibility index (Phi) is 5.45. The van der Waals surface area contributed by atoms with E-state index in [-0.39, 0.29) is 12.4 Å². The van der Waals surface area contributed by atoms with E-state index in [4.69, 9.17) is 4.74 Å². The molecule has 1 aliphatic rings. The van der Waals surface area contributed by atoms with Crippen molar-refractivity contribution in [2.24, 2.45) is 0 Å². The van der Waals surface area contributed by atoms with Gasteiger partial charge in [-0.2, -0.15) is 4.57 Å². The molecule has 0 bridgehead atoms. The molecule has 0 saturated carbocycles. The molecule has 1 fully saturated rings. The van der Waals surface area contributed by atoms with Crippen molar-refractivity contribution in [3.8, 4) is 5.88 Å². The molecule has 0 N–H and O–H groups in total. The zero-order chi connectivity index (χ0) is 13.8. The number of hydrogen-bond donors (Lipinski definition) is 0. The van der Waals surface area contributed by atoms with E-state index in [9.17, 15) is 0 Å². The maximum absolute atomic E-state index is 5.80. The number of anilines is 1. The molecule has 0 atom stereocenters. The number of hydrogen-bond acceptors (Lipinski definition) is 2. The maximum Gasteiger partial charge on any atom is 0.370 e. The summed E-state index contributed by atoms with van der Waals surface area (Å²) in [5.74, 6) is 0.945. The van der Waals surface area contributed by atoms with Crippen LogP contribution in [0, 0.1) is 0 Å². The molecule has 2 heterocycles. The molecule has 2 aromatic rings. The van der Waals surface area contributed by atoms with Crippen molar-refractivity contribution in [2.45, 2.75) is 19.9 Å². The Labute approximate surface area is 132 Å². The van der Waals surface area contributed by atoms with Crippen LogP contribution >= 0.6 is 12.4 Å². The molecule has 1 aliphatic heterocycles. The molecule has 4 heteroatoms. The van der Waals surface area contributed by atoms with Crippen molar-refractivity contribution in [3.05, 3.63) is 54.2 Å². The van der Waals surface area contributed by atoms with E-state index < -0.39 is 0 Å². The number of pyridine rings is 1. The van der Waals surface area contributed by atoms with Crippen LogP contribution in [0.25, 0.3) is 0 Å². The largest absolute Gasteiger partial charge is 0.445 e. The number of ether oxygens (including phenoxy) is 1. The van der Waals surface area contributed by atoms with E-state index in [1.165, 1.54) is 17.7 Å². The summed E-state index contributed by atoms with van der Waals surface area (Å²) < 4.78 is 7.97. The maximum atomic E-state index is 5.80. The SMILES string of the molecule is CCOc1cc(N2CCC2)cc[n+]1Cc1ccccc1.Cl. The minimum atomic E-state index is 0. The number of aromatic nitrogens is 1. The molecular weight excluding hydrogens is 284 g/mol. The third-order valence-electron chi connectivity index (χ3n) is 3.69. The quantitative estimate of drug-likeness (QED) is 0.790. The summed E-state index contributed by atoms with van der Waals surface area (Å²) in [4.78, 5) is 2.38. The van der Waals surface area contributed by atoms with Crippen LogP contribution in [0.15, 0.2) is 48.7 Å². The second kappa shape index (κ2) is 7.32. The van der Waals surface area contributed by atoms with Crippen molar-refractivity contribution < 1.29 is 9.30 Å². The molecule has 21 heavy (non-hydrogen) atoms. The van der Waals surface area contributed by atoms with Gasteiger partial charge in [-0.3, -0.25) is 0 Å². The van der Waals surface area contributed by atoms with Crippen LogP contribution in [-0.4, -0.2) is 19.7 Å². The molecule has 112 valence electrons. The van der Waals surface area contributed by atoms with Crippen molar-refractivity contribution in [1.82, 2.24) is 0 Å². The predicted molar refractivity (Wildman–Crippen MR) is 87.4 cm³/mol. The first-order valence-corrected chi connectivity index (χ1v) is 7.32. The topological polar surface area (TPSA) is 16.4 Å². The van der Waals surface area contributed by atoms with Gasteiger partial charge in [0.05, 0.1) is 18.4 Å². The molecule has 0 amide bonds. The Hall–Kier alpha value is -1.74. The Morgan fingerprint density at radius 2 is 1.90 bits per heavy atom. The Morgan fingerprint density at radius 3 is 2.52 bits per heavy atom. The van der Waals surface area contributed by atoms with E-state index in [0.29, 0.717) is 6.61 Å². The smallest absolute Gasteiger partial charge is 0.370 e. The molecule has 0 aliphatic carbocycles. The molecule has 3 rings (SSSR count). The van der Waals surface area contributed by atoms with Crippen LogP contribution in [-0.2, 0) is 6.54 Å². The highest BCUT2D eigenvalue weighted by molar-refractivity contribution is 5.85. The van der Waals surface area contributed by atoms with E-state index in [1.54, 1.807) is 0 Å². The standard InChI is InChI=1S/C17H21N2O.ClH/c1-2-20-17-13-16(18-10-6-11-18)9-12-19(17)14-15-7-4-3-5-8-15;/h3-5,7-9,12-13H,2,6,10-11,14H2,1H3;1H/q+1;. The fraction of sp³-hybridized carbons (Fsp3) is 0.353. The van der Waals surface area contributed by atoms with Crippen molar-refractivity contribution >= 4 is 18.1 Å². The first kappa shape index (κ1) is 15.6. The van der Waals surface area contributed by atoms with Crippen molar-refractivity contribution in [3.63, 3.8) is 0 Å². The highest BCUT2D eigenvalue weighted by Gasteiger charge is 2.20. The minimum Gasteiger partial charge on any atom is -0.445 e. The second-order valence-electron chi connectivity index (χ2n) is 5.11. The fourth-order valence-corrected chi connectivity index (χ4v) is 2.45. The highest BCUT2D eigenvalue weighted by atomic mass is 35.5. The van der Waals surface area contributed by atoms with Crippen LogP contribution in [0.2, 0.25) is 0 Å². The summed E-state index contributed by atoms with van der Waals surface area (Å²) in [5, 5.41) is 0. The average Bonchev–Trinajstić information content (AvgIpc) is 2.41. The van der Waals surface area contributed by atoms with Crippen LogP contribution in [0.4, 0.5) is 5.69 Å². The molecule has 1 saturated heterocycles. The van der Waals surface area contributed by atoms with E-state index >= 15 is 0 Å². The van der Waals surface area contributed by atoms with Gasteiger partial charge < -0.3 is 9.64 Å². The van der Waals surface area contributed by atoms with E-state index in [1.807, 2.05) is 13.0 Å². The number of halogens is 1. The summed E-state index contributed by atoms with van der Waals surface area (Å²) in [6, 6.07) is 14.8. The van der Waals surface area contributed by atoms with E-state index in [0.717, 1.165) is 25.5 Å². The lowest BCUT2D eigenvalue weighted by Gasteiger charge is -2.32. The monoisotopic (exact) mass is 305 g/mol. The lowest BCUT2D eigenvalue weighted by molar-refractivity contribution is -0.693. The van der Waals surface area contributed by atoms with Crippen LogP contribution < -0.4 is 14.2 Å². The summed E-state index contributed by atoms with van der Waals surface area (Å²) in [5.41, 5.74) is 2.55. The lowest BCUT2D eigenvalue weighted by atomic mass is 10.2. The summed E-state index contributed by atoms with van der Waals surface area (Å²) in [6.07, 6.45) is 3.43. The highest BCUT2D eigenvalue weighted by Crippen LogP contribution is 2.22. The minimum absolute atomic E-state index is 0. The number of rotatable bonds is 5. The molecule has 1 aromatic carbocycles. The van der Waals surface area contributed by atoms with Crippen LogP contribution in [0.5, 0.6) is 5.88 Å². The molecule has 0 radical (unpaired) electrons. The average molecular weight is 306 g/mol. The van der Waals surface area contributed by atoms with Gasteiger partial charge in [0.15, 0.2) is 12.7 Å². The Bertz CT molecular complexity index is 570. The Balaban J connectivity index is 0.00000161. The van der Waals surface area contributed by atoms with Gasteiger partial charge in [0, 0.05) is 24.7 Å². The van der Waals surface area contributed by atoms with Gasteiger partial charge in [-0.05, 0) is 13.3 Å². The van der Waals surface area contributed by atoms with Crippen LogP contribution in [0.1, 0.15) is 18.9 Å². The van der Waals surface area contributed by atoms with Gasteiger partial charge >= 0.3 is 5.88 Å². The van der Waals surface area contributed by atoms with Gasteiger partial charge in [0.25, 0.3) is 0 Å². The van der Waals surface area contributed by atoms with Gasteiger partial charge in [0.1, 0.15) is 0 Å². The second-order valence-corrected chi connectivity index (χ2v) is 5.11. The van der Waals surface area contributed by atoms with Gasteiger partial charge in [-0.1, -0.05) is 30.3 Å². The molecule has 3 nitrogen and oxygen atoms in total. The first-order chi connectivity index (χ1) is 9.86. The van der Waals surface area contributed by atoms with Crippen LogP contribution in [0.3, 0.4) is 0 Å².